The van der Waals surface area contributed by atoms with Crippen LogP contribution in [0, 0.1) is 0 Å². The SMILES string of the molecule is NC1OC1Nc1ccccc1. The third-order valence-corrected chi connectivity index (χ3v) is 1.61. The van der Waals surface area contributed by atoms with E-state index in [0.717, 1.165) is 5.69 Å². The van der Waals surface area contributed by atoms with Gasteiger partial charge in [-0.15, -0.1) is 0 Å². The summed E-state index contributed by atoms with van der Waals surface area (Å²) in [5.41, 5.74) is 6.48. The quantitative estimate of drug-likeness (QED) is 0.611. The normalized spacial score (nSPS) is 28.1. The van der Waals surface area contributed by atoms with E-state index in [1.165, 1.54) is 0 Å². The highest BCUT2D eigenvalue weighted by atomic mass is 16.6. The maximum Gasteiger partial charge on any atom is 0.169 e. The average Bonchev–Trinajstić information content (AvgIpc) is 2.69. The first kappa shape index (κ1) is 6.64. The second-order valence-corrected chi connectivity index (χ2v) is 2.53. The number of hydrogen-bond donors (Lipinski definition) is 2. The molecular weight excluding hydrogens is 140 g/mol. The van der Waals surface area contributed by atoms with Gasteiger partial charge >= 0.3 is 0 Å². The zero-order valence-corrected chi connectivity index (χ0v) is 6.03. The molecule has 2 atom stereocenters. The van der Waals surface area contributed by atoms with Gasteiger partial charge in [-0.1, -0.05) is 18.2 Å². The highest BCUT2D eigenvalue weighted by molar-refractivity contribution is 5.43. The molecule has 0 saturated carbocycles. The monoisotopic (exact) mass is 150 g/mol. The summed E-state index contributed by atoms with van der Waals surface area (Å²) in [6.45, 7) is 0. The number of anilines is 1. The van der Waals surface area contributed by atoms with E-state index in [-0.39, 0.29) is 12.5 Å². The van der Waals surface area contributed by atoms with Crippen LogP contribution in [0.3, 0.4) is 0 Å². The van der Waals surface area contributed by atoms with Crippen LogP contribution in [0.15, 0.2) is 30.3 Å². The Morgan fingerprint density at radius 2 is 1.91 bits per heavy atom. The summed E-state index contributed by atoms with van der Waals surface area (Å²) in [5.74, 6) is 0. The first-order valence-corrected chi connectivity index (χ1v) is 3.59. The topological polar surface area (TPSA) is 50.6 Å². The van der Waals surface area contributed by atoms with E-state index in [4.69, 9.17) is 10.5 Å². The summed E-state index contributed by atoms with van der Waals surface area (Å²) in [4.78, 5) is 0. The van der Waals surface area contributed by atoms with Gasteiger partial charge in [0.25, 0.3) is 0 Å². The van der Waals surface area contributed by atoms with E-state index in [2.05, 4.69) is 5.32 Å². The van der Waals surface area contributed by atoms with Gasteiger partial charge in [-0.3, -0.25) is 0 Å². The Morgan fingerprint density at radius 1 is 1.27 bits per heavy atom. The van der Waals surface area contributed by atoms with Crippen molar-refractivity contribution in [1.82, 2.24) is 0 Å². The number of rotatable bonds is 2. The van der Waals surface area contributed by atoms with E-state index in [1.54, 1.807) is 0 Å². The van der Waals surface area contributed by atoms with Crippen LogP contribution in [0.1, 0.15) is 0 Å². The summed E-state index contributed by atoms with van der Waals surface area (Å²) in [7, 11) is 0. The summed E-state index contributed by atoms with van der Waals surface area (Å²) in [6, 6.07) is 9.87. The Morgan fingerprint density at radius 3 is 2.45 bits per heavy atom. The lowest BCUT2D eigenvalue weighted by molar-refractivity contribution is 0.386. The van der Waals surface area contributed by atoms with Gasteiger partial charge in [-0.05, 0) is 12.1 Å². The van der Waals surface area contributed by atoms with Crippen molar-refractivity contribution in [2.75, 3.05) is 5.32 Å². The number of benzene rings is 1. The van der Waals surface area contributed by atoms with Gasteiger partial charge < -0.3 is 15.8 Å². The van der Waals surface area contributed by atoms with E-state index < -0.39 is 0 Å². The van der Waals surface area contributed by atoms with Gasteiger partial charge in [0.15, 0.2) is 12.5 Å². The van der Waals surface area contributed by atoms with Crippen LogP contribution in [-0.4, -0.2) is 12.5 Å². The van der Waals surface area contributed by atoms with Crippen molar-refractivity contribution in [1.29, 1.82) is 0 Å². The Bertz CT molecular complexity index is 237. The lowest BCUT2D eigenvalue weighted by atomic mass is 10.3. The van der Waals surface area contributed by atoms with Gasteiger partial charge in [0.1, 0.15) is 0 Å². The molecule has 1 aromatic carbocycles. The first-order valence-electron chi connectivity index (χ1n) is 3.59. The number of ether oxygens (including phenoxy) is 1. The largest absolute Gasteiger partial charge is 0.357 e. The number of nitrogens with two attached hydrogens (primary N) is 1. The molecular formula is C8H10N2O. The Labute approximate surface area is 65.2 Å². The molecule has 1 fully saturated rings. The molecule has 1 aliphatic rings. The summed E-state index contributed by atoms with van der Waals surface area (Å²) in [6.07, 6.45) is -0.118. The number of para-hydroxylation sites is 1. The predicted molar refractivity (Wildman–Crippen MR) is 42.9 cm³/mol. The first-order chi connectivity index (χ1) is 5.36. The highest BCUT2D eigenvalue weighted by Crippen LogP contribution is 2.19. The number of hydrogen-bond acceptors (Lipinski definition) is 3. The molecule has 1 heterocycles. The third-order valence-electron chi connectivity index (χ3n) is 1.61. The molecule has 3 heteroatoms. The summed E-state index contributed by atoms with van der Waals surface area (Å²) < 4.78 is 4.99. The van der Waals surface area contributed by atoms with Gasteiger partial charge in [0.2, 0.25) is 0 Å². The van der Waals surface area contributed by atoms with E-state index >= 15 is 0 Å². The average molecular weight is 150 g/mol. The maximum absolute atomic E-state index is 5.43. The van der Waals surface area contributed by atoms with Crippen molar-refractivity contribution in [2.24, 2.45) is 5.73 Å². The van der Waals surface area contributed by atoms with E-state index in [9.17, 15) is 0 Å². The lowest BCUT2D eigenvalue weighted by Crippen LogP contribution is -2.12. The Balaban J connectivity index is 1.97. The van der Waals surface area contributed by atoms with Gasteiger partial charge in [-0.25, -0.2) is 0 Å². The molecule has 58 valence electrons. The highest BCUT2D eigenvalue weighted by Gasteiger charge is 2.34. The standard InChI is InChI=1S/C8H10N2O/c9-7-8(11-7)10-6-4-2-1-3-5-6/h1-5,7-8,10H,9H2. The zero-order valence-electron chi connectivity index (χ0n) is 6.03. The van der Waals surface area contributed by atoms with Crippen LogP contribution >= 0.6 is 0 Å². The molecule has 0 spiro atoms. The number of nitrogens with one attached hydrogen (secondary N) is 1. The van der Waals surface area contributed by atoms with Crippen LogP contribution in [0.5, 0.6) is 0 Å². The van der Waals surface area contributed by atoms with Crippen molar-refractivity contribution < 1.29 is 4.74 Å². The van der Waals surface area contributed by atoms with Crippen molar-refractivity contribution in [3.8, 4) is 0 Å². The minimum atomic E-state index is -0.129. The molecule has 3 nitrogen and oxygen atoms in total. The Kier molecular flexibility index (Phi) is 1.52. The molecule has 1 aliphatic heterocycles. The molecule has 3 N–H and O–H groups in total. The van der Waals surface area contributed by atoms with Crippen LogP contribution in [0.25, 0.3) is 0 Å². The van der Waals surface area contributed by atoms with Crippen LogP contribution in [0.2, 0.25) is 0 Å². The molecule has 0 bridgehead atoms. The minimum Gasteiger partial charge on any atom is -0.357 e. The molecule has 0 aliphatic carbocycles. The third kappa shape index (κ3) is 1.50. The molecule has 11 heavy (non-hydrogen) atoms. The Hall–Kier alpha value is -1.06. The lowest BCUT2D eigenvalue weighted by Gasteiger charge is -1.99. The van der Waals surface area contributed by atoms with E-state index in [0.29, 0.717) is 0 Å². The predicted octanol–water partition coefficient (Wildman–Crippen LogP) is 0.740. The minimum absolute atomic E-state index is 0.0115. The van der Waals surface area contributed by atoms with Gasteiger partial charge in [0, 0.05) is 5.69 Å². The van der Waals surface area contributed by atoms with Crippen molar-refractivity contribution in [3.63, 3.8) is 0 Å². The fraction of sp³-hybridized carbons (Fsp3) is 0.250. The molecule has 2 rings (SSSR count). The molecule has 0 aromatic heterocycles. The number of epoxide rings is 1. The van der Waals surface area contributed by atoms with Gasteiger partial charge in [-0.2, -0.15) is 0 Å². The van der Waals surface area contributed by atoms with Crippen molar-refractivity contribution in [3.05, 3.63) is 30.3 Å². The smallest absolute Gasteiger partial charge is 0.169 e. The second-order valence-electron chi connectivity index (χ2n) is 2.53. The second kappa shape index (κ2) is 2.53. The molecule has 1 saturated heterocycles. The van der Waals surface area contributed by atoms with Crippen molar-refractivity contribution >= 4 is 5.69 Å². The van der Waals surface area contributed by atoms with E-state index in [1.807, 2.05) is 30.3 Å². The summed E-state index contributed by atoms with van der Waals surface area (Å²) in [5, 5.41) is 3.12. The van der Waals surface area contributed by atoms with Gasteiger partial charge in [0.05, 0.1) is 0 Å². The zero-order chi connectivity index (χ0) is 7.68. The fourth-order valence-corrected chi connectivity index (χ4v) is 0.939. The maximum atomic E-state index is 5.43. The molecule has 2 unspecified atom stereocenters. The molecule has 0 amide bonds. The van der Waals surface area contributed by atoms with Crippen molar-refractivity contribution in [2.45, 2.75) is 12.5 Å². The molecule has 1 aromatic rings. The van der Waals surface area contributed by atoms with Crippen LogP contribution < -0.4 is 11.1 Å². The molecule has 0 radical (unpaired) electrons. The van der Waals surface area contributed by atoms with Crippen LogP contribution in [-0.2, 0) is 4.74 Å². The fourth-order valence-electron chi connectivity index (χ4n) is 0.939. The van der Waals surface area contributed by atoms with Crippen LogP contribution in [0.4, 0.5) is 5.69 Å². The summed E-state index contributed by atoms with van der Waals surface area (Å²) >= 11 is 0.